The summed E-state index contributed by atoms with van der Waals surface area (Å²) in [5, 5.41) is 6.89. The minimum Gasteiger partial charge on any atom is -0.495 e. The first-order chi connectivity index (χ1) is 16.4. The zero-order valence-corrected chi connectivity index (χ0v) is 20.3. The van der Waals surface area contributed by atoms with Crippen molar-refractivity contribution in [3.8, 4) is 45.4 Å². The fourth-order valence-corrected chi connectivity index (χ4v) is 3.57. The lowest BCUT2D eigenvalue weighted by Crippen LogP contribution is -2.40. The predicted octanol–water partition coefficient (Wildman–Crippen LogP) is 4.35. The molecule has 0 spiro atoms. The number of nitrogens with two attached hydrogens (primary N) is 1. The average molecular weight is 470 g/mol. The lowest BCUT2D eigenvalue weighted by Gasteiger charge is -2.19. The molecule has 0 aliphatic carbocycles. The monoisotopic (exact) mass is 469 g/mol. The molecule has 3 N–H and O–H groups in total. The van der Waals surface area contributed by atoms with Crippen LogP contribution in [0.2, 0.25) is 0 Å². The van der Waals surface area contributed by atoms with Gasteiger partial charge in [0.1, 0.15) is 5.75 Å². The van der Waals surface area contributed by atoms with Crippen LogP contribution in [0, 0.1) is 5.92 Å². The summed E-state index contributed by atoms with van der Waals surface area (Å²) in [4.78, 5) is 12.7. The van der Waals surface area contributed by atoms with Gasteiger partial charge in [-0.2, -0.15) is 0 Å². The number of aromatic nitrogens is 1. The Morgan fingerprint density at radius 2 is 1.65 bits per heavy atom. The third kappa shape index (κ3) is 4.94. The minimum absolute atomic E-state index is 0.0406. The summed E-state index contributed by atoms with van der Waals surface area (Å²) in [6.07, 6.45) is 2.40. The fraction of sp³-hybridized carbons (Fsp3) is 0.360. The third-order valence-corrected chi connectivity index (χ3v) is 5.83. The van der Waals surface area contributed by atoms with E-state index in [2.05, 4.69) is 10.5 Å². The van der Waals surface area contributed by atoms with Crippen molar-refractivity contribution < 1.29 is 28.3 Å². The van der Waals surface area contributed by atoms with Crippen molar-refractivity contribution in [1.29, 1.82) is 0 Å². The van der Waals surface area contributed by atoms with Crippen molar-refractivity contribution in [3.05, 3.63) is 36.5 Å². The number of benzene rings is 2. The smallest absolute Gasteiger partial charge is 0.241 e. The first kappa shape index (κ1) is 24.9. The highest BCUT2D eigenvalue weighted by molar-refractivity contribution is 5.97. The summed E-state index contributed by atoms with van der Waals surface area (Å²) >= 11 is 0. The van der Waals surface area contributed by atoms with Gasteiger partial charge >= 0.3 is 0 Å². The second-order valence-electron chi connectivity index (χ2n) is 7.80. The number of anilines is 1. The highest BCUT2D eigenvalue weighted by Crippen LogP contribution is 2.44. The molecule has 9 heteroatoms. The molecule has 0 bridgehead atoms. The first-order valence-electron chi connectivity index (χ1n) is 10.9. The molecule has 3 aromatic rings. The van der Waals surface area contributed by atoms with Gasteiger partial charge < -0.3 is 34.5 Å². The van der Waals surface area contributed by atoms with Crippen molar-refractivity contribution in [3.63, 3.8) is 0 Å². The second-order valence-corrected chi connectivity index (χ2v) is 7.80. The van der Waals surface area contributed by atoms with Crippen LogP contribution in [0.3, 0.4) is 0 Å². The maximum absolute atomic E-state index is 12.7. The van der Waals surface area contributed by atoms with Crippen LogP contribution in [0.1, 0.15) is 20.3 Å². The number of hydrogen-bond donors (Lipinski definition) is 2. The topological polar surface area (TPSA) is 118 Å². The highest BCUT2D eigenvalue weighted by Gasteiger charge is 2.23. The van der Waals surface area contributed by atoms with E-state index in [9.17, 15) is 4.79 Å². The predicted molar refractivity (Wildman–Crippen MR) is 130 cm³/mol. The van der Waals surface area contributed by atoms with Crippen LogP contribution in [-0.4, -0.2) is 45.5 Å². The molecule has 1 heterocycles. The number of amides is 1. The van der Waals surface area contributed by atoms with Gasteiger partial charge in [0, 0.05) is 11.1 Å². The van der Waals surface area contributed by atoms with E-state index in [1.54, 1.807) is 58.9 Å². The molecule has 9 nitrogen and oxygen atoms in total. The van der Waals surface area contributed by atoms with Crippen molar-refractivity contribution >= 4 is 11.6 Å². The van der Waals surface area contributed by atoms with Crippen LogP contribution in [0.4, 0.5) is 5.69 Å². The molecule has 1 aromatic heterocycles. The zero-order chi connectivity index (χ0) is 24.8. The molecule has 0 aliphatic rings. The molecule has 0 saturated carbocycles. The molecule has 1 amide bonds. The molecule has 34 heavy (non-hydrogen) atoms. The van der Waals surface area contributed by atoms with Crippen LogP contribution in [0.5, 0.6) is 23.0 Å². The lowest BCUT2D eigenvalue weighted by molar-refractivity contribution is -0.118. The van der Waals surface area contributed by atoms with E-state index in [0.717, 1.165) is 12.0 Å². The van der Waals surface area contributed by atoms with Gasteiger partial charge in [0.2, 0.25) is 11.7 Å². The quantitative estimate of drug-likeness (QED) is 0.450. The van der Waals surface area contributed by atoms with Gasteiger partial charge in [-0.1, -0.05) is 31.5 Å². The molecule has 0 aliphatic heterocycles. The van der Waals surface area contributed by atoms with Crippen LogP contribution < -0.4 is 30.0 Å². The molecule has 0 fully saturated rings. The fourth-order valence-electron chi connectivity index (χ4n) is 3.57. The third-order valence-electron chi connectivity index (χ3n) is 5.83. The summed E-state index contributed by atoms with van der Waals surface area (Å²) in [6.45, 7) is 3.94. The molecule has 2 unspecified atom stereocenters. The standard InChI is InChI=1S/C25H31N3O6/c1-7-14(2)22(26)25(29)28-18-10-15(8-9-19(18)30-3)17-13-27-34-23(17)16-11-20(31-4)24(33-6)21(12-16)32-5/h8-14,22H,7,26H2,1-6H3,(H,28,29). The average Bonchev–Trinajstić information content (AvgIpc) is 3.36. The molecule has 0 radical (unpaired) electrons. The zero-order valence-electron chi connectivity index (χ0n) is 20.3. The number of hydrogen-bond acceptors (Lipinski definition) is 8. The Hall–Kier alpha value is -3.72. The van der Waals surface area contributed by atoms with Crippen molar-refractivity contribution in [2.24, 2.45) is 11.7 Å². The summed E-state index contributed by atoms with van der Waals surface area (Å²) in [5.74, 6) is 2.22. The highest BCUT2D eigenvalue weighted by atomic mass is 16.5. The second kappa shape index (κ2) is 10.9. The first-order valence-corrected chi connectivity index (χ1v) is 10.9. The van der Waals surface area contributed by atoms with E-state index < -0.39 is 6.04 Å². The summed E-state index contributed by atoms with van der Waals surface area (Å²) in [6, 6.07) is 8.35. The van der Waals surface area contributed by atoms with Gasteiger partial charge in [-0.05, 0) is 35.7 Å². The Bertz CT molecular complexity index is 1120. The normalized spacial score (nSPS) is 12.6. The maximum Gasteiger partial charge on any atom is 0.241 e. The number of nitrogens with one attached hydrogen (secondary N) is 1. The Morgan fingerprint density at radius 3 is 2.21 bits per heavy atom. The SMILES string of the molecule is CCC(C)C(N)C(=O)Nc1cc(-c2cnoc2-c2cc(OC)c(OC)c(OC)c2)ccc1OC. The molecule has 3 rings (SSSR count). The Balaban J connectivity index is 2.03. The summed E-state index contributed by atoms with van der Waals surface area (Å²) in [7, 11) is 6.18. The molecule has 2 aromatic carbocycles. The van der Waals surface area contributed by atoms with Crippen molar-refractivity contribution in [2.45, 2.75) is 26.3 Å². The lowest BCUT2D eigenvalue weighted by atomic mass is 9.98. The molecule has 182 valence electrons. The molecular formula is C25H31N3O6. The van der Waals surface area contributed by atoms with E-state index in [-0.39, 0.29) is 11.8 Å². The number of ether oxygens (including phenoxy) is 4. The van der Waals surface area contributed by atoms with E-state index in [1.807, 2.05) is 19.9 Å². The number of methoxy groups -OCH3 is 4. The molecular weight excluding hydrogens is 438 g/mol. The molecule has 2 atom stereocenters. The summed E-state index contributed by atoms with van der Waals surface area (Å²) in [5.41, 5.74) is 8.76. The van der Waals surface area contributed by atoms with Gasteiger partial charge in [0.25, 0.3) is 0 Å². The van der Waals surface area contributed by atoms with Gasteiger partial charge in [0.15, 0.2) is 17.3 Å². The Morgan fingerprint density at radius 1 is 1.00 bits per heavy atom. The van der Waals surface area contributed by atoms with Gasteiger partial charge in [0.05, 0.1) is 46.4 Å². The van der Waals surface area contributed by atoms with Crippen molar-refractivity contribution in [1.82, 2.24) is 5.16 Å². The summed E-state index contributed by atoms with van der Waals surface area (Å²) < 4.78 is 27.4. The van der Waals surface area contributed by atoms with Crippen LogP contribution >= 0.6 is 0 Å². The minimum atomic E-state index is -0.635. The van der Waals surface area contributed by atoms with E-state index in [1.165, 1.54) is 0 Å². The largest absolute Gasteiger partial charge is 0.495 e. The van der Waals surface area contributed by atoms with Crippen LogP contribution in [0.15, 0.2) is 41.1 Å². The maximum atomic E-state index is 12.7. The van der Waals surface area contributed by atoms with E-state index in [4.69, 9.17) is 29.2 Å². The number of nitrogens with zero attached hydrogens (tertiary/aromatic N) is 1. The Kier molecular flexibility index (Phi) is 8.01. The van der Waals surface area contributed by atoms with Crippen LogP contribution in [0.25, 0.3) is 22.5 Å². The Labute approximate surface area is 199 Å². The number of carbonyl (C=O) groups is 1. The van der Waals surface area contributed by atoms with E-state index in [0.29, 0.717) is 45.6 Å². The van der Waals surface area contributed by atoms with Gasteiger partial charge in [-0.3, -0.25) is 4.79 Å². The number of rotatable bonds is 10. The van der Waals surface area contributed by atoms with Crippen LogP contribution in [-0.2, 0) is 4.79 Å². The van der Waals surface area contributed by atoms with Gasteiger partial charge in [-0.25, -0.2) is 0 Å². The molecule has 0 saturated heterocycles. The van der Waals surface area contributed by atoms with Crippen molar-refractivity contribution in [2.75, 3.05) is 33.8 Å². The number of carbonyl (C=O) groups excluding carboxylic acids is 1. The van der Waals surface area contributed by atoms with Gasteiger partial charge in [-0.15, -0.1) is 0 Å². The van der Waals surface area contributed by atoms with E-state index >= 15 is 0 Å².